The Morgan fingerprint density at radius 3 is 2.27 bits per heavy atom. The van der Waals surface area contributed by atoms with E-state index in [0.717, 1.165) is 5.56 Å². The molecule has 0 bridgehead atoms. The Morgan fingerprint density at radius 2 is 1.69 bits per heavy atom. The molecule has 2 rings (SSSR count). The SMILES string of the molecule is CCOC(=O)c1ccc(Cn2c(SC)ncc(C(=O)OCC)c2=O)cc1. The lowest BCUT2D eigenvalue weighted by Crippen LogP contribution is -2.29. The van der Waals surface area contributed by atoms with Gasteiger partial charge in [0.2, 0.25) is 0 Å². The van der Waals surface area contributed by atoms with Crippen molar-refractivity contribution in [2.75, 3.05) is 19.5 Å². The van der Waals surface area contributed by atoms with Crippen LogP contribution in [0.15, 0.2) is 40.4 Å². The van der Waals surface area contributed by atoms with Crippen molar-refractivity contribution in [2.24, 2.45) is 0 Å². The zero-order valence-corrected chi connectivity index (χ0v) is 15.7. The van der Waals surface area contributed by atoms with Crippen molar-refractivity contribution in [1.29, 1.82) is 0 Å². The van der Waals surface area contributed by atoms with E-state index >= 15 is 0 Å². The van der Waals surface area contributed by atoms with E-state index in [1.54, 1.807) is 44.4 Å². The first-order valence-corrected chi connectivity index (χ1v) is 9.31. The van der Waals surface area contributed by atoms with Crippen LogP contribution in [-0.4, -0.2) is 41.0 Å². The predicted octanol–water partition coefficient (Wildman–Crippen LogP) is 2.37. The average Bonchev–Trinajstić information content (AvgIpc) is 2.64. The Labute approximate surface area is 155 Å². The number of thioether (sulfide) groups is 1. The highest BCUT2D eigenvalue weighted by Crippen LogP contribution is 2.13. The molecule has 0 unspecified atom stereocenters. The van der Waals surface area contributed by atoms with Crippen LogP contribution < -0.4 is 5.56 Å². The van der Waals surface area contributed by atoms with Gasteiger partial charge in [-0.15, -0.1) is 0 Å². The minimum Gasteiger partial charge on any atom is -0.462 e. The second-order valence-electron chi connectivity index (χ2n) is 5.19. The minimum absolute atomic E-state index is 0.104. The summed E-state index contributed by atoms with van der Waals surface area (Å²) in [5.41, 5.74) is 0.662. The zero-order chi connectivity index (χ0) is 19.1. The zero-order valence-electron chi connectivity index (χ0n) is 14.9. The highest BCUT2D eigenvalue weighted by atomic mass is 32.2. The number of esters is 2. The normalized spacial score (nSPS) is 10.4. The molecule has 2 aromatic rings. The van der Waals surface area contributed by atoms with Gasteiger partial charge in [-0.1, -0.05) is 23.9 Å². The molecule has 0 amide bonds. The average molecular weight is 376 g/mol. The summed E-state index contributed by atoms with van der Waals surface area (Å²) < 4.78 is 11.3. The first kappa shape index (κ1) is 19.7. The fourth-order valence-corrected chi connectivity index (χ4v) is 2.80. The van der Waals surface area contributed by atoms with Crippen LogP contribution in [0.3, 0.4) is 0 Å². The quantitative estimate of drug-likeness (QED) is 0.416. The molecule has 0 fully saturated rings. The van der Waals surface area contributed by atoms with Crippen LogP contribution in [0.5, 0.6) is 0 Å². The molecule has 0 saturated carbocycles. The van der Waals surface area contributed by atoms with Gasteiger partial charge in [-0.05, 0) is 37.8 Å². The number of nitrogens with zero attached hydrogens (tertiary/aromatic N) is 2. The van der Waals surface area contributed by atoms with E-state index in [4.69, 9.17) is 9.47 Å². The minimum atomic E-state index is -0.691. The number of hydrogen-bond acceptors (Lipinski definition) is 7. The lowest BCUT2D eigenvalue weighted by Gasteiger charge is -2.12. The van der Waals surface area contributed by atoms with Gasteiger partial charge in [0.15, 0.2) is 5.16 Å². The summed E-state index contributed by atoms with van der Waals surface area (Å²) in [6.07, 6.45) is 3.04. The Bertz CT molecular complexity index is 846. The molecular weight excluding hydrogens is 356 g/mol. The fraction of sp³-hybridized carbons (Fsp3) is 0.333. The maximum atomic E-state index is 12.7. The van der Waals surface area contributed by atoms with Crippen LogP contribution in [0.25, 0.3) is 0 Å². The first-order valence-electron chi connectivity index (χ1n) is 8.08. The lowest BCUT2D eigenvalue weighted by atomic mass is 10.1. The van der Waals surface area contributed by atoms with Crippen LogP contribution in [0.1, 0.15) is 40.1 Å². The van der Waals surface area contributed by atoms with Crippen molar-refractivity contribution in [3.63, 3.8) is 0 Å². The van der Waals surface area contributed by atoms with Gasteiger partial charge in [0.25, 0.3) is 5.56 Å². The van der Waals surface area contributed by atoms with Gasteiger partial charge in [-0.3, -0.25) is 9.36 Å². The van der Waals surface area contributed by atoms with Crippen molar-refractivity contribution in [3.05, 3.63) is 57.5 Å². The lowest BCUT2D eigenvalue weighted by molar-refractivity contribution is 0.0514. The molecule has 138 valence electrons. The standard InChI is InChI=1S/C18H20N2O5S/c1-4-24-16(22)13-8-6-12(7-9-13)11-20-15(21)14(17(23)25-5-2)10-19-18(20)26-3/h6-10H,4-5,11H2,1-3H3. The topological polar surface area (TPSA) is 87.5 Å². The number of benzene rings is 1. The van der Waals surface area contributed by atoms with Gasteiger partial charge in [-0.2, -0.15) is 0 Å². The molecule has 0 radical (unpaired) electrons. The van der Waals surface area contributed by atoms with E-state index in [1.165, 1.54) is 22.5 Å². The molecule has 0 spiro atoms. The third-order valence-electron chi connectivity index (χ3n) is 3.49. The van der Waals surface area contributed by atoms with E-state index in [0.29, 0.717) is 17.3 Å². The Balaban J connectivity index is 2.33. The highest BCUT2D eigenvalue weighted by molar-refractivity contribution is 7.98. The first-order chi connectivity index (χ1) is 12.5. The van der Waals surface area contributed by atoms with Crippen molar-refractivity contribution in [2.45, 2.75) is 25.5 Å². The van der Waals surface area contributed by atoms with Crippen LogP contribution in [0.2, 0.25) is 0 Å². The summed E-state index contributed by atoms with van der Waals surface area (Å²) in [6.45, 7) is 4.12. The molecule has 1 aromatic heterocycles. The molecule has 0 aliphatic carbocycles. The van der Waals surface area contributed by atoms with Gasteiger partial charge in [0, 0.05) is 0 Å². The van der Waals surface area contributed by atoms with Crippen molar-refractivity contribution in [1.82, 2.24) is 9.55 Å². The van der Waals surface area contributed by atoms with Crippen molar-refractivity contribution < 1.29 is 19.1 Å². The van der Waals surface area contributed by atoms with E-state index in [1.807, 2.05) is 0 Å². The van der Waals surface area contributed by atoms with Gasteiger partial charge in [0.05, 0.1) is 31.5 Å². The Morgan fingerprint density at radius 1 is 1.08 bits per heavy atom. The summed E-state index contributed by atoms with van der Waals surface area (Å²) in [4.78, 5) is 40.5. The summed E-state index contributed by atoms with van der Waals surface area (Å²) >= 11 is 1.30. The number of hydrogen-bond donors (Lipinski definition) is 0. The molecule has 0 atom stereocenters. The summed E-state index contributed by atoms with van der Waals surface area (Å²) in [5.74, 6) is -1.09. The molecule has 8 heteroatoms. The van der Waals surface area contributed by atoms with Gasteiger partial charge >= 0.3 is 11.9 Å². The van der Waals surface area contributed by atoms with Crippen molar-refractivity contribution in [3.8, 4) is 0 Å². The number of carbonyl (C=O) groups is 2. The van der Waals surface area contributed by atoms with Crippen LogP contribution in [0.4, 0.5) is 0 Å². The molecule has 0 saturated heterocycles. The van der Waals surface area contributed by atoms with Gasteiger partial charge < -0.3 is 9.47 Å². The fourth-order valence-electron chi connectivity index (χ4n) is 2.27. The monoisotopic (exact) mass is 376 g/mol. The Hall–Kier alpha value is -2.61. The number of aromatic nitrogens is 2. The highest BCUT2D eigenvalue weighted by Gasteiger charge is 2.17. The number of rotatable bonds is 7. The maximum absolute atomic E-state index is 12.7. The van der Waals surface area contributed by atoms with Gasteiger partial charge in [0.1, 0.15) is 5.56 Å². The molecule has 1 aromatic carbocycles. The van der Waals surface area contributed by atoms with E-state index in [2.05, 4.69) is 4.98 Å². The Kier molecular flexibility index (Phi) is 6.97. The summed E-state index contributed by atoms with van der Waals surface area (Å²) in [7, 11) is 0. The molecular formula is C18H20N2O5S. The molecule has 0 aliphatic heterocycles. The predicted molar refractivity (Wildman–Crippen MR) is 97.7 cm³/mol. The van der Waals surface area contributed by atoms with Crippen molar-refractivity contribution >= 4 is 23.7 Å². The molecule has 26 heavy (non-hydrogen) atoms. The molecule has 1 heterocycles. The third-order valence-corrected chi connectivity index (χ3v) is 4.19. The van der Waals surface area contributed by atoms with Gasteiger partial charge in [-0.25, -0.2) is 14.6 Å². The number of carbonyl (C=O) groups excluding carboxylic acids is 2. The molecule has 7 nitrogen and oxygen atoms in total. The smallest absolute Gasteiger partial charge is 0.345 e. The second kappa shape index (κ2) is 9.19. The van der Waals surface area contributed by atoms with E-state index < -0.39 is 17.5 Å². The van der Waals surface area contributed by atoms with Crippen LogP contribution in [0, 0.1) is 0 Å². The number of ether oxygens (including phenoxy) is 2. The molecule has 0 aliphatic rings. The van der Waals surface area contributed by atoms with E-state index in [-0.39, 0.29) is 18.7 Å². The van der Waals surface area contributed by atoms with Crippen LogP contribution >= 0.6 is 11.8 Å². The summed E-state index contributed by atoms with van der Waals surface area (Å²) in [5, 5.41) is 0.484. The van der Waals surface area contributed by atoms with E-state index in [9.17, 15) is 14.4 Å². The second-order valence-corrected chi connectivity index (χ2v) is 5.96. The summed E-state index contributed by atoms with van der Waals surface area (Å²) in [6, 6.07) is 6.75. The third kappa shape index (κ3) is 4.51. The molecule has 0 N–H and O–H groups in total. The van der Waals surface area contributed by atoms with Crippen LogP contribution in [-0.2, 0) is 16.0 Å². The maximum Gasteiger partial charge on any atom is 0.345 e. The largest absolute Gasteiger partial charge is 0.462 e.